The highest BCUT2D eigenvalue weighted by Crippen LogP contribution is 2.43. The number of nitrogens with one attached hydrogen (secondary N) is 2. The van der Waals surface area contributed by atoms with Gasteiger partial charge in [-0.1, -0.05) is 0 Å². The maximum atomic E-state index is 13.4. The van der Waals surface area contributed by atoms with Crippen LogP contribution in [0.5, 0.6) is 0 Å². The Balaban J connectivity index is 2.28. The first-order chi connectivity index (χ1) is 9.26. The van der Waals surface area contributed by atoms with Crippen LogP contribution in [0, 0.1) is 17.0 Å². The summed E-state index contributed by atoms with van der Waals surface area (Å²) in [5.41, 5.74) is -3.23. The van der Waals surface area contributed by atoms with Gasteiger partial charge in [0, 0.05) is 12.6 Å². The maximum Gasteiger partial charge on any atom is 0.404 e. The van der Waals surface area contributed by atoms with Gasteiger partial charge < -0.3 is 10.6 Å². The van der Waals surface area contributed by atoms with Crippen molar-refractivity contribution < 1.29 is 26.7 Å². The topological polar surface area (TPSA) is 41.1 Å². The second-order valence-electron chi connectivity index (χ2n) is 4.58. The number of alkyl halides is 3. The van der Waals surface area contributed by atoms with Crippen LogP contribution in [0.1, 0.15) is 6.42 Å². The molecule has 1 saturated heterocycles. The smallest absolute Gasteiger partial charge is 0.323 e. The molecule has 1 aromatic carbocycles. The lowest BCUT2D eigenvalue weighted by Crippen LogP contribution is -2.49. The number of carbonyl (C=O) groups excluding carboxylic acids is 1. The monoisotopic (exact) mass is 294 g/mol. The highest BCUT2D eigenvalue weighted by molar-refractivity contribution is 5.96. The van der Waals surface area contributed by atoms with Gasteiger partial charge in [-0.05, 0) is 25.1 Å². The summed E-state index contributed by atoms with van der Waals surface area (Å²) in [6, 6.07) is 2.18. The molecule has 2 rings (SSSR count). The lowest BCUT2D eigenvalue weighted by atomic mass is 9.85. The van der Waals surface area contributed by atoms with Gasteiger partial charge in [0.1, 0.15) is 11.6 Å². The van der Waals surface area contributed by atoms with Crippen LogP contribution in [0.25, 0.3) is 0 Å². The average Bonchev–Trinajstić information content (AvgIpc) is 2.83. The van der Waals surface area contributed by atoms with Crippen LogP contribution in [-0.2, 0) is 4.79 Å². The Morgan fingerprint density at radius 1 is 1.30 bits per heavy atom. The van der Waals surface area contributed by atoms with Crippen molar-refractivity contribution in [3.8, 4) is 0 Å². The molecule has 0 spiro atoms. The van der Waals surface area contributed by atoms with Crippen molar-refractivity contribution >= 4 is 11.6 Å². The van der Waals surface area contributed by atoms with Crippen LogP contribution in [0.4, 0.5) is 27.6 Å². The Bertz CT molecular complexity index is 523. The van der Waals surface area contributed by atoms with Gasteiger partial charge in [-0.2, -0.15) is 13.2 Å². The number of anilines is 1. The van der Waals surface area contributed by atoms with Gasteiger partial charge in [-0.25, -0.2) is 8.78 Å². The zero-order valence-corrected chi connectivity index (χ0v) is 10.2. The van der Waals surface area contributed by atoms with Gasteiger partial charge in [0.2, 0.25) is 5.91 Å². The van der Waals surface area contributed by atoms with Gasteiger partial charge in [-0.15, -0.1) is 0 Å². The van der Waals surface area contributed by atoms with Crippen molar-refractivity contribution in [2.24, 2.45) is 5.41 Å². The molecular weight excluding hydrogens is 283 g/mol. The van der Waals surface area contributed by atoms with E-state index < -0.39 is 47.8 Å². The third kappa shape index (κ3) is 2.47. The zero-order chi connectivity index (χ0) is 15.0. The number of amides is 1. The summed E-state index contributed by atoms with van der Waals surface area (Å²) in [5, 5.41) is 4.29. The number of rotatable bonds is 2. The van der Waals surface area contributed by atoms with Crippen LogP contribution >= 0.6 is 0 Å². The van der Waals surface area contributed by atoms with E-state index in [0.717, 1.165) is 12.1 Å². The standard InChI is InChI=1S/C12H11F5N2O/c13-7-1-2-8(14)9(5-7)19-10(20)11(12(15,16)17)3-4-18-6-11/h1-2,5,18H,3-4,6H2,(H,19,20). The molecule has 1 amide bonds. The Morgan fingerprint density at radius 2 is 2.00 bits per heavy atom. The highest BCUT2D eigenvalue weighted by atomic mass is 19.4. The van der Waals surface area contributed by atoms with Crippen LogP contribution in [0.2, 0.25) is 0 Å². The lowest BCUT2D eigenvalue weighted by molar-refractivity contribution is -0.213. The molecule has 0 aromatic heterocycles. The molecule has 0 radical (unpaired) electrons. The van der Waals surface area contributed by atoms with E-state index in [4.69, 9.17) is 0 Å². The number of carbonyl (C=O) groups is 1. The summed E-state index contributed by atoms with van der Waals surface area (Å²) in [6.45, 7) is -0.558. The molecule has 1 heterocycles. The van der Waals surface area contributed by atoms with E-state index in [-0.39, 0.29) is 6.54 Å². The number of benzene rings is 1. The largest absolute Gasteiger partial charge is 0.404 e. The molecule has 0 saturated carbocycles. The highest BCUT2D eigenvalue weighted by Gasteiger charge is 2.61. The van der Waals surface area contributed by atoms with Crippen molar-refractivity contribution in [1.29, 1.82) is 0 Å². The fourth-order valence-electron chi connectivity index (χ4n) is 2.09. The van der Waals surface area contributed by atoms with Crippen molar-refractivity contribution in [3.05, 3.63) is 29.8 Å². The van der Waals surface area contributed by atoms with Gasteiger partial charge in [-0.3, -0.25) is 4.79 Å². The molecule has 20 heavy (non-hydrogen) atoms. The maximum absolute atomic E-state index is 13.4. The molecule has 1 unspecified atom stereocenters. The van der Waals surface area contributed by atoms with Gasteiger partial charge in [0.15, 0.2) is 5.41 Å². The minimum Gasteiger partial charge on any atom is -0.323 e. The lowest BCUT2D eigenvalue weighted by Gasteiger charge is -2.29. The molecule has 0 bridgehead atoms. The summed E-state index contributed by atoms with van der Waals surface area (Å²) in [5.74, 6) is -3.24. The molecular formula is C12H11F5N2O. The predicted molar refractivity (Wildman–Crippen MR) is 61.0 cm³/mol. The number of hydrogen-bond acceptors (Lipinski definition) is 2. The van der Waals surface area contributed by atoms with E-state index in [1.165, 1.54) is 0 Å². The fraction of sp³-hybridized carbons (Fsp3) is 0.417. The summed E-state index contributed by atoms with van der Waals surface area (Å²) >= 11 is 0. The second kappa shape index (κ2) is 5.01. The second-order valence-corrected chi connectivity index (χ2v) is 4.58. The average molecular weight is 294 g/mol. The molecule has 1 fully saturated rings. The Morgan fingerprint density at radius 3 is 2.55 bits per heavy atom. The van der Waals surface area contributed by atoms with E-state index in [0.29, 0.717) is 6.07 Å². The van der Waals surface area contributed by atoms with E-state index in [1.54, 1.807) is 0 Å². The predicted octanol–water partition coefficient (Wildman–Crippen LogP) is 2.45. The normalized spacial score (nSPS) is 22.9. The zero-order valence-electron chi connectivity index (χ0n) is 10.2. The van der Waals surface area contributed by atoms with Crippen LogP contribution in [0.15, 0.2) is 18.2 Å². The minimum atomic E-state index is -4.77. The summed E-state index contributed by atoms with van der Waals surface area (Å²) in [4.78, 5) is 11.9. The first-order valence-electron chi connectivity index (χ1n) is 5.80. The van der Waals surface area contributed by atoms with Gasteiger partial charge >= 0.3 is 6.18 Å². The minimum absolute atomic E-state index is 0.0264. The van der Waals surface area contributed by atoms with E-state index in [1.807, 2.05) is 5.32 Å². The molecule has 1 aliphatic heterocycles. The first kappa shape index (κ1) is 14.7. The molecule has 0 aliphatic carbocycles. The van der Waals surface area contributed by atoms with E-state index in [9.17, 15) is 26.7 Å². The van der Waals surface area contributed by atoms with Gasteiger partial charge in [0.25, 0.3) is 0 Å². The van der Waals surface area contributed by atoms with Gasteiger partial charge in [0.05, 0.1) is 5.69 Å². The quantitative estimate of drug-likeness (QED) is 0.823. The molecule has 1 aliphatic rings. The Labute approximate surface area is 111 Å². The molecule has 8 heteroatoms. The first-order valence-corrected chi connectivity index (χ1v) is 5.80. The third-order valence-corrected chi connectivity index (χ3v) is 3.31. The molecule has 1 aromatic rings. The molecule has 3 nitrogen and oxygen atoms in total. The Kier molecular flexibility index (Phi) is 3.68. The third-order valence-electron chi connectivity index (χ3n) is 3.31. The van der Waals surface area contributed by atoms with Crippen LogP contribution in [0.3, 0.4) is 0 Å². The van der Waals surface area contributed by atoms with E-state index >= 15 is 0 Å². The molecule has 1 atom stereocenters. The Hall–Kier alpha value is -1.70. The number of hydrogen-bond donors (Lipinski definition) is 2. The summed E-state index contributed by atoms with van der Waals surface area (Å²) < 4.78 is 65.6. The fourth-order valence-corrected chi connectivity index (χ4v) is 2.09. The summed E-state index contributed by atoms with van der Waals surface area (Å²) in [7, 11) is 0. The van der Waals surface area contributed by atoms with Crippen molar-refractivity contribution in [2.75, 3.05) is 18.4 Å². The van der Waals surface area contributed by atoms with Crippen LogP contribution < -0.4 is 10.6 Å². The van der Waals surface area contributed by atoms with E-state index in [2.05, 4.69) is 5.32 Å². The van der Waals surface area contributed by atoms with Crippen molar-refractivity contribution in [1.82, 2.24) is 5.32 Å². The van der Waals surface area contributed by atoms with Crippen molar-refractivity contribution in [3.63, 3.8) is 0 Å². The molecule has 2 N–H and O–H groups in total. The molecule has 110 valence electrons. The van der Waals surface area contributed by atoms with Crippen LogP contribution in [-0.4, -0.2) is 25.2 Å². The SMILES string of the molecule is O=C(Nc1cc(F)ccc1F)C1(C(F)(F)F)CCNC1. The summed E-state index contributed by atoms with van der Waals surface area (Å²) in [6.07, 6.45) is -5.22. The van der Waals surface area contributed by atoms with Crippen molar-refractivity contribution in [2.45, 2.75) is 12.6 Å². The number of halogens is 5.